The van der Waals surface area contributed by atoms with Gasteiger partial charge in [0.25, 0.3) is 0 Å². The second-order valence-corrected chi connectivity index (χ2v) is 11.4. The van der Waals surface area contributed by atoms with Crippen LogP contribution in [0, 0.1) is 11.8 Å². The molecule has 1 N–H and O–H groups in total. The van der Waals surface area contributed by atoms with Crippen LogP contribution in [0.2, 0.25) is 0 Å². The zero-order chi connectivity index (χ0) is 25.6. The Hall–Kier alpha value is -3.18. The van der Waals surface area contributed by atoms with Crippen LogP contribution in [0.25, 0.3) is 11.0 Å². The maximum atomic E-state index is 14.3. The summed E-state index contributed by atoms with van der Waals surface area (Å²) in [5.41, 5.74) is 1.56. The molecule has 4 aliphatic rings. The molecule has 2 saturated heterocycles. The molecule has 0 bridgehead atoms. The van der Waals surface area contributed by atoms with Crippen molar-refractivity contribution >= 4 is 40.6 Å². The third-order valence-electron chi connectivity index (χ3n) is 7.74. The van der Waals surface area contributed by atoms with E-state index < -0.39 is 22.6 Å². The van der Waals surface area contributed by atoms with Crippen molar-refractivity contribution in [2.24, 2.45) is 11.8 Å². The van der Waals surface area contributed by atoms with E-state index in [9.17, 15) is 19.5 Å². The minimum atomic E-state index is -0.879. The summed E-state index contributed by atoms with van der Waals surface area (Å²) >= 11 is 1.53. The van der Waals surface area contributed by atoms with Gasteiger partial charge in [-0.3, -0.25) is 14.4 Å². The first kappa shape index (κ1) is 24.2. The van der Waals surface area contributed by atoms with Gasteiger partial charge in [0, 0.05) is 24.9 Å². The van der Waals surface area contributed by atoms with Gasteiger partial charge in [-0.2, -0.15) is 0 Å². The van der Waals surface area contributed by atoms with E-state index in [1.807, 2.05) is 48.6 Å². The highest BCUT2D eigenvalue weighted by Crippen LogP contribution is 2.60. The Balaban J connectivity index is 1.38. The zero-order valence-electron chi connectivity index (χ0n) is 20.3. The van der Waals surface area contributed by atoms with Gasteiger partial charge in [0.2, 0.25) is 11.8 Å². The van der Waals surface area contributed by atoms with Gasteiger partial charge >= 0.3 is 5.97 Å². The largest absolute Gasteiger partial charge is 0.465 e. The maximum Gasteiger partial charge on any atom is 0.311 e. The molecule has 5 atom stereocenters. The number of thioether (sulfide) groups is 1. The van der Waals surface area contributed by atoms with Crippen molar-refractivity contribution in [3.8, 4) is 0 Å². The van der Waals surface area contributed by atoms with Gasteiger partial charge in [0.1, 0.15) is 18.2 Å². The highest BCUT2D eigenvalue weighted by molar-refractivity contribution is 8.02. The number of benzene rings is 1. The number of nitrogens with zero attached hydrogens (tertiary/aromatic N) is 5. The van der Waals surface area contributed by atoms with Crippen molar-refractivity contribution in [2.45, 2.75) is 42.0 Å². The van der Waals surface area contributed by atoms with Crippen molar-refractivity contribution < 1.29 is 24.2 Å². The average molecular weight is 524 g/mol. The molecule has 0 radical (unpaired) electrons. The van der Waals surface area contributed by atoms with E-state index >= 15 is 0 Å². The number of carbonyl (C=O) groups excluding carboxylic acids is 3. The summed E-state index contributed by atoms with van der Waals surface area (Å²) in [4.78, 5) is 44.7. The molecule has 5 heterocycles. The number of fused-ring (bicyclic) bond motifs is 3. The molecule has 10 nitrogen and oxygen atoms in total. The number of amides is 2. The molecule has 6 rings (SSSR count). The fraction of sp³-hybridized carbons (Fsp3) is 0.500. The van der Waals surface area contributed by atoms with E-state index in [4.69, 9.17) is 4.74 Å². The number of carbonyl (C=O) groups is 3. The third kappa shape index (κ3) is 3.86. The van der Waals surface area contributed by atoms with Gasteiger partial charge in [0.15, 0.2) is 0 Å². The minimum absolute atomic E-state index is 0.0111. The first-order chi connectivity index (χ1) is 18.0. The van der Waals surface area contributed by atoms with E-state index in [0.717, 1.165) is 11.0 Å². The normalized spacial score (nSPS) is 31.1. The van der Waals surface area contributed by atoms with E-state index in [1.165, 1.54) is 11.8 Å². The average Bonchev–Trinajstić information content (AvgIpc) is 3.47. The number of aromatic nitrogens is 3. The van der Waals surface area contributed by atoms with Crippen LogP contribution in [0.3, 0.4) is 0 Å². The van der Waals surface area contributed by atoms with Gasteiger partial charge in [-0.15, -0.1) is 16.9 Å². The van der Waals surface area contributed by atoms with Crippen molar-refractivity contribution in [1.82, 2.24) is 24.8 Å². The summed E-state index contributed by atoms with van der Waals surface area (Å²) in [6.45, 7) is 1.18. The molecule has 1 aromatic carbocycles. The Morgan fingerprint density at radius 2 is 2.00 bits per heavy atom. The number of cyclic esters (lactones) is 1. The number of hydrogen-bond donors (Lipinski definition) is 1. The molecule has 194 valence electrons. The lowest BCUT2D eigenvalue weighted by atomic mass is 9.78. The molecule has 11 heteroatoms. The molecule has 2 aromatic rings. The van der Waals surface area contributed by atoms with E-state index in [1.54, 1.807) is 14.5 Å². The van der Waals surface area contributed by atoms with Gasteiger partial charge in [-0.05, 0) is 31.4 Å². The summed E-state index contributed by atoms with van der Waals surface area (Å²) in [7, 11) is 0. The zero-order valence-corrected chi connectivity index (χ0v) is 21.1. The van der Waals surface area contributed by atoms with Crippen LogP contribution in [-0.4, -0.2) is 90.0 Å². The maximum absolute atomic E-state index is 14.3. The summed E-state index contributed by atoms with van der Waals surface area (Å²) in [5.74, 6) is -2.08. The Kier molecular flexibility index (Phi) is 6.28. The van der Waals surface area contributed by atoms with Gasteiger partial charge in [-0.25, -0.2) is 4.68 Å². The van der Waals surface area contributed by atoms with Gasteiger partial charge < -0.3 is 19.6 Å². The summed E-state index contributed by atoms with van der Waals surface area (Å²) in [6.07, 6.45) is 9.65. The fourth-order valence-corrected chi connectivity index (χ4v) is 8.10. The van der Waals surface area contributed by atoms with Crippen LogP contribution in [0.1, 0.15) is 19.3 Å². The number of hydrogen-bond acceptors (Lipinski definition) is 8. The van der Waals surface area contributed by atoms with Gasteiger partial charge in [-0.1, -0.05) is 41.7 Å². The lowest BCUT2D eigenvalue weighted by Gasteiger charge is -2.35. The second kappa shape index (κ2) is 9.60. The lowest BCUT2D eigenvalue weighted by molar-refractivity contribution is -0.153. The van der Waals surface area contributed by atoms with Crippen molar-refractivity contribution in [3.63, 3.8) is 0 Å². The summed E-state index contributed by atoms with van der Waals surface area (Å²) in [5, 5.41) is 17.6. The molecule has 1 unspecified atom stereocenters. The van der Waals surface area contributed by atoms with Crippen LogP contribution in [-0.2, 0) is 25.8 Å². The van der Waals surface area contributed by atoms with Crippen molar-refractivity contribution in [3.05, 3.63) is 48.6 Å². The Bertz CT molecular complexity index is 1290. The van der Waals surface area contributed by atoms with Crippen LogP contribution in [0.15, 0.2) is 48.6 Å². The van der Waals surface area contributed by atoms with Crippen molar-refractivity contribution in [1.29, 1.82) is 0 Å². The first-order valence-corrected chi connectivity index (χ1v) is 13.6. The molecule has 2 amide bonds. The topological polar surface area (TPSA) is 118 Å². The molecular weight excluding hydrogens is 494 g/mol. The Morgan fingerprint density at radius 3 is 2.86 bits per heavy atom. The SMILES string of the molecule is O=C1OCCC=C[C@@H]2S[C@]34C=CCN(Cn5nnc6ccccc65)C(=O)C3N(CCCCO)C(=O)[C@@H]4[C@H]12. The molecule has 0 aliphatic carbocycles. The number of unbranched alkanes of at least 4 members (excludes halogenated alkanes) is 1. The van der Waals surface area contributed by atoms with Gasteiger partial charge in [0.05, 0.1) is 28.7 Å². The van der Waals surface area contributed by atoms with E-state index in [-0.39, 0.29) is 42.9 Å². The summed E-state index contributed by atoms with van der Waals surface area (Å²) < 4.78 is 6.32. The highest BCUT2D eigenvalue weighted by Gasteiger charge is 2.70. The summed E-state index contributed by atoms with van der Waals surface area (Å²) in [6, 6.07) is 6.80. The number of rotatable bonds is 6. The van der Waals surface area contributed by atoms with Crippen LogP contribution < -0.4 is 0 Å². The molecule has 1 spiro atoms. The quantitative estimate of drug-likeness (QED) is 0.343. The molecule has 4 aliphatic heterocycles. The smallest absolute Gasteiger partial charge is 0.311 e. The molecular formula is C26H29N5O5S. The monoisotopic (exact) mass is 523 g/mol. The van der Waals surface area contributed by atoms with Crippen molar-refractivity contribution in [2.75, 3.05) is 26.3 Å². The number of esters is 1. The lowest BCUT2D eigenvalue weighted by Crippen LogP contribution is -2.53. The van der Waals surface area contributed by atoms with Crippen LogP contribution >= 0.6 is 11.8 Å². The molecule has 2 fully saturated rings. The fourth-order valence-electron chi connectivity index (χ4n) is 6.10. The molecule has 0 saturated carbocycles. The van der Waals surface area contributed by atoms with E-state index in [2.05, 4.69) is 10.3 Å². The highest BCUT2D eigenvalue weighted by atomic mass is 32.2. The van der Waals surface area contributed by atoms with E-state index in [0.29, 0.717) is 32.4 Å². The number of aliphatic hydroxyl groups is 1. The number of para-hydroxylation sites is 1. The number of ether oxygens (including phenoxy) is 1. The van der Waals surface area contributed by atoms with Crippen LogP contribution in [0.4, 0.5) is 0 Å². The van der Waals surface area contributed by atoms with Crippen LogP contribution in [0.5, 0.6) is 0 Å². The number of likely N-dealkylation sites (tertiary alicyclic amines) is 1. The number of aliphatic hydroxyl groups excluding tert-OH is 1. The third-order valence-corrected chi connectivity index (χ3v) is 9.48. The molecule has 37 heavy (non-hydrogen) atoms. The molecule has 1 aromatic heterocycles. The predicted molar refractivity (Wildman–Crippen MR) is 136 cm³/mol. The first-order valence-electron chi connectivity index (χ1n) is 12.7. The predicted octanol–water partition coefficient (Wildman–Crippen LogP) is 1.36. The second-order valence-electron chi connectivity index (χ2n) is 9.87. The minimum Gasteiger partial charge on any atom is -0.465 e. The Labute approximate surface area is 218 Å². The Morgan fingerprint density at radius 1 is 1.14 bits per heavy atom. The standard InChI is InChI=1S/C26H29N5O5S/c32-14-5-4-13-30-22-24(34)29(16-31-18-9-2-1-8-17(18)27-28-31)12-7-11-26(22)21(23(30)33)20-19(37-26)10-3-6-15-36-25(20)35/h1-3,7-11,19-22,32H,4-6,12-16H2/t19-,20+,21-,22?,26-/m0/s1.